The first-order chi connectivity index (χ1) is 16.9. The third-order valence-electron chi connectivity index (χ3n) is 6.44. The second-order valence-corrected chi connectivity index (χ2v) is 8.76. The molecular weight excluding hydrogens is 451 g/mol. The summed E-state index contributed by atoms with van der Waals surface area (Å²) < 4.78 is 20.5. The number of carbonyl (C=O) groups is 1. The molecule has 0 radical (unpaired) electrons. The highest BCUT2D eigenvalue weighted by Gasteiger charge is 2.32. The Kier molecular flexibility index (Phi) is 5.72. The molecule has 2 aromatic heterocycles. The molecule has 1 amide bonds. The average Bonchev–Trinajstić information content (AvgIpc) is 3.64. The number of aromatic amines is 1. The van der Waals surface area contributed by atoms with E-state index in [1.807, 2.05) is 24.3 Å². The lowest BCUT2D eigenvalue weighted by atomic mass is 10.1. The number of anilines is 1. The van der Waals surface area contributed by atoms with Crippen LogP contribution in [-0.2, 0) is 6.54 Å². The largest absolute Gasteiger partial charge is 0.496 e. The van der Waals surface area contributed by atoms with Crippen LogP contribution in [0.25, 0.3) is 22.2 Å². The van der Waals surface area contributed by atoms with Crippen LogP contribution in [-0.4, -0.2) is 33.0 Å². The van der Waals surface area contributed by atoms with E-state index in [9.17, 15) is 14.0 Å². The number of nitrogens with zero attached hydrogens (tertiary/aromatic N) is 3. The van der Waals surface area contributed by atoms with Gasteiger partial charge in [-0.3, -0.25) is 14.3 Å². The van der Waals surface area contributed by atoms with Gasteiger partial charge >= 0.3 is 0 Å². The third kappa shape index (κ3) is 4.23. The van der Waals surface area contributed by atoms with E-state index in [4.69, 9.17) is 15.6 Å². The monoisotopic (exact) mass is 476 g/mol. The van der Waals surface area contributed by atoms with E-state index in [2.05, 4.69) is 22.4 Å². The number of halogens is 1. The highest BCUT2D eigenvalue weighted by Crippen LogP contribution is 2.41. The number of hydrogen-bond acceptors (Lipinski definition) is 6. The third-order valence-corrected chi connectivity index (χ3v) is 6.44. The van der Waals surface area contributed by atoms with Crippen molar-refractivity contribution in [1.82, 2.24) is 25.3 Å². The quantitative estimate of drug-likeness (QED) is 0.375. The number of nitrogens with one attached hydrogen (secondary N) is 2. The molecule has 9 nitrogen and oxygen atoms in total. The van der Waals surface area contributed by atoms with E-state index in [0.717, 1.165) is 30.0 Å². The minimum atomic E-state index is -0.518. The van der Waals surface area contributed by atoms with E-state index >= 15 is 0 Å². The molecule has 2 aromatic carbocycles. The van der Waals surface area contributed by atoms with Gasteiger partial charge in [-0.2, -0.15) is 10.2 Å². The zero-order valence-corrected chi connectivity index (χ0v) is 19.3. The molecule has 5 rings (SSSR count). The fraction of sp³-hybridized carbons (Fsp3) is 0.280. The summed E-state index contributed by atoms with van der Waals surface area (Å²) in [7, 11) is 1.43. The SMILES string of the molecule is COc1ccc(F)cc1C(=O)NCc1ccc(-c2nn([C@@H](C)C3CC3)c3c(=O)[nH]nc(N)c23)cc1. The Bertz CT molecular complexity index is 1470. The van der Waals surface area contributed by atoms with Crippen LogP contribution in [0.4, 0.5) is 10.2 Å². The standard InChI is InChI=1S/C25H25FN6O3/c1-13(15-7-8-15)32-22-20(23(27)29-30-25(22)34)21(31-32)16-5-3-14(4-6-16)12-28-24(33)18-11-17(26)9-10-19(18)35-2/h3-6,9-11,13,15H,7-8,12H2,1-2H3,(H2,27,29)(H,28,33)(H,30,34)/t13-/m0/s1. The number of carbonyl (C=O) groups excluding carboxylic acids is 1. The summed E-state index contributed by atoms with van der Waals surface area (Å²) in [6.45, 7) is 2.29. The maximum Gasteiger partial charge on any atom is 0.290 e. The number of nitrogen functional groups attached to an aromatic ring is 1. The number of nitrogens with two attached hydrogens (primary N) is 1. The van der Waals surface area contributed by atoms with Crippen LogP contribution in [0.3, 0.4) is 0 Å². The molecule has 0 bridgehead atoms. The van der Waals surface area contributed by atoms with Crippen molar-refractivity contribution in [1.29, 1.82) is 0 Å². The fourth-order valence-electron chi connectivity index (χ4n) is 4.31. The molecule has 180 valence electrons. The number of amides is 1. The van der Waals surface area contributed by atoms with Crippen LogP contribution in [0, 0.1) is 11.7 Å². The topological polar surface area (TPSA) is 128 Å². The van der Waals surface area contributed by atoms with E-state index in [1.165, 1.54) is 19.2 Å². The Hall–Kier alpha value is -4.21. The van der Waals surface area contributed by atoms with Crippen LogP contribution in [0.15, 0.2) is 47.3 Å². The van der Waals surface area contributed by atoms with Gasteiger partial charge in [0.05, 0.1) is 24.1 Å². The summed E-state index contributed by atoms with van der Waals surface area (Å²) in [5.41, 5.74) is 8.56. The number of methoxy groups -OCH3 is 1. The zero-order valence-electron chi connectivity index (χ0n) is 19.3. The van der Waals surface area contributed by atoms with E-state index in [0.29, 0.717) is 28.3 Å². The molecule has 4 N–H and O–H groups in total. The lowest BCUT2D eigenvalue weighted by Crippen LogP contribution is -2.23. The molecule has 2 heterocycles. The van der Waals surface area contributed by atoms with Crippen molar-refractivity contribution in [2.24, 2.45) is 5.92 Å². The van der Waals surface area contributed by atoms with Crippen molar-refractivity contribution in [2.45, 2.75) is 32.4 Å². The fourth-order valence-corrected chi connectivity index (χ4v) is 4.31. The molecule has 0 unspecified atom stereocenters. The Labute approximate surface area is 200 Å². The van der Waals surface area contributed by atoms with Gasteiger partial charge in [0.25, 0.3) is 11.5 Å². The highest BCUT2D eigenvalue weighted by molar-refractivity contribution is 5.99. The van der Waals surface area contributed by atoms with Crippen LogP contribution in [0.1, 0.15) is 41.7 Å². The Morgan fingerprint density at radius 2 is 2.03 bits per heavy atom. The molecule has 4 aromatic rings. The minimum Gasteiger partial charge on any atom is -0.496 e. The number of ether oxygens (including phenoxy) is 1. The first kappa shape index (κ1) is 22.6. The Morgan fingerprint density at radius 3 is 2.71 bits per heavy atom. The molecule has 1 aliphatic carbocycles. The van der Waals surface area contributed by atoms with Gasteiger partial charge in [0.1, 0.15) is 22.8 Å². The lowest BCUT2D eigenvalue weighted by molar-refractivity contribution is 0.0947. The summed E-state index contributed by atoms with van der Waals surface area (Å²) in [4.78, 5) is 25.2. The van der Waals surface area contributed by atoms with E-state index < -0.39 is 11.7 Å². The van der Waals surface area contributed by atoms with E-state index in [1.54, 1.807) is 4.68 Å². The van der Waals surface area contributed by atoms with Crippen LogP contribution in [0.5, 0.6) is 5.75 Å². The molecule has 0 aliphatic heterocycles. The van der Waals surface area contributed by atoms with Crippen LogP contribution < -0.4 is 21.3 Å². The maximum absolute atomic E-state index is 13.6. The van der Waals surface area contributed by atoms with Crippen molar-refractivity contribution < 1.29 is 13.9 Å². The van der Waals surface area contributed by atoms with Gasteiger partial charge in [-0.05, 0) is 49.4 Å². The molecule has 1 saturated carbocycles. The molecular formula is C25H25FN6O3. The summed E-state index contributed by atoms with van der Waals surface area (Å²) in [6, 6.07) is 11.3. The van der Waals surface area contributed by atoms with Gasteiger partial charge in [0, 0.05) is 12.1 Å². The zero-order chi connectivity index (χ0) is 24.7. The number of H-pyrrole nitrogens is 1. The van der Waals surface area contributed by atoms with Crippen LogP contribution in [0.2, 0.25) is 0 Å². The molecule has 1 atom stereocenters. The van der Waals surface area contributed by atoms with Crippen molar-refractivity contribution in [3.05, 3.63) is 69.8 Å². The van der Waals surface area contributed by atoms with Crippen LogP contribution >= 0.6 is 0 Å². The van der Waals surface area contributed by atoms with Gasteiger partial charge in [-0.25, -0.2) is 9.49 Å². The average molecular weight is 477 g/mol. The van der Waals surface area contributed by atoms with Gasteiger partial charge in [-0.1, -0.05) is 24.3 Å². The van der Waals surface area contributed by atoms with Gasteiger partial charge in [-0.15, -0.1) is 0 Å². The normalized spacial score (nSPS) is 14.1. The Morgan fingerprint density at radius 1 is 1.29 bits per heavy atom. The lowest BCUT2D eigenvalue weighted by Gasteiger charge is -2.11. The minimum absolute atomic E-state index is 0.0726. The van der Waals surface area contributed by atoms with Crippen molar-refractivity contribution in [3.63, 3.8) is 0 Å². The van der Waals surface area contributed by atoms with Crippen molar-refractivity contribution >= 4 is 22.6 Å². The van der Waals surface area contributed by atoms with Gasteiger partial charge in [0.2, 0.25) is 0 Å². The van der Waals surface area contributed by atoms with E-state index in [-0.39, 0.29) is 29.5 Å². The predicted octanol–water partition coefficient (Wildman–Crippen LogP) is 3.42. The summed E-state index contributed by atoms with van der Waals surface area (Å²) >= 11 is 0. The molecule has 1 fully saturated rings. The molecule has 0 spiro atoms. The number of hydrogen-bond donors (Lipinski definition) is 3. The van der Waals surface area contributed by atoms with Crippen molar-refractivity contribution in [3.8, 4) is 17.0 Å². The van der Waals surface area contributed by atoms with Crippen molar-refractivity contribution in [2.75, 3.05) is 12.8 Å². The molecule has 1 aliphatic rings. The number of rotatable bonds is 7. The summed E-state index contributed by atoms with van der Waals surface area (Å²) in [6.07, 6.45) is 2.22. The molecule has 0 saturated heterocycles. The predicted molar refractivity (Wildman–Crippen MR) is 130 cm³/mol. The summed E-state index contributed by atoms with van der Waals surface area (Å²) in [5, 5.41) is 14.5. The maximum atomic E-state index is 13.6. The molecule has 35 heavy (non-hydrogen) atoms. The first-order valence-electron chi connectivity index (χ1n) is 11.3. The number of fused-ring (bicyclic) bond motifs is 1. The van der Waals surface area contributed by atoms with Gasteiger partial charge < -0.3 is 15.8 Å². The first-order valence-corrected chi connectivity index (χ1v) is 11.3. The summed E-state index contributed by atoms with van der Waals surface area (Å²) in [5.74, 6) is 0.0351. The Balaban J connectivity index is 1.41. The second-order valence-electron chi connectivity index (χ2n) is 8.76. The number of aromatic nitrogens is 4. The second kappa shape index (κ2) is 8.86. The molecule has 10 heteroatoms. The number of benzene rings is 2. The highest BCUT2D eigenvalue weighted by atomic mass is 19.1. The van der Waals surface area contributed by atoms with Gasteiger partial charge in [0.15, 0.2) is 5.82 Å². The smallest absolute Gasteiger partial charge is 0.290 e.